The van der Waals surface area contributed by atoms with Crippen molar-refractivity contribution in [1.29, 1.82) is 0 Å². The van der Waals surface area contributed by atoms with Gasteiger partial charge in [0, 0.05) is 50.1 Å². The second-order valence-corrected chi connectivity index (χ2v) is 9.73. The number of nitro groups is 1. The third-order valence-corrected chi connectivity index (χ3v) is 7.27. The number of nitro benzene ring substituents is 1. The van der Waals surface area contributed by atoms with Gasteiger partial charge in [-0.15, -0.1) is 0 Å². The number of aryl methyl sites for hydroxylation is 2. The quantitative estimate of drug-likeness (QED) is 0.432. The number of sulfonamides is 1. The van der Waals surface area contributed by atoms with Crippen LogP contribution in [0.1, 0.15) is 11.4 Å². The molecule has 1 aromatic heterocycles. The van der Waals surface area contributed by atoms with Gasteiger partial charge in [-0.25, -0.2) is 18.4 Å². The Bertz CT molecular complexity index is 1270. The van der Waals surface area contributed by atoms with Crippen LogP contribution >= 0.6 is 0 Å². The minimum Gasteiger partial charge on any atom is -0.354 e. The number of rotatable bonds is 6. The normalized spacial score (nSPS) is 14.8. The summed E-state index contributed by atoms with van der Waals surface area (Å²) < 4.78 is 27.3. The van der Waals surface area contributed by atoms with Gasteiger partial charge in [-0.2, -0.15) is 4.31 Å². The van der Waals surface area contributed by atoms with E-state index in [0.717, 1.165) is 17.3 Å². The molecular formula is C22H24N6O4S. The average Bonchev–Trinajstić information content (AvgIpc) is 2.80. The molecule has 1 saturated heterocycles. The number of aromatic nitrogens is 2. The van der Waals surface area contributed by atoms with E-state index in [0.29, 0.717) is 30.5 Å². The zero-order valence-corrected chi connectivity index (χ0v) is 19.1. The Kier molecular flexibility index (Phi) is 6.25. The standard InChI is InChI=1S/C22H24N6O4S/c1-16-6-8-18(9-7-16)25-21-15-22(24-17(2)23-21)26-10-12-27(13-11-26)33(31,32)20-5-3-4-19(14-20)28(29)30/h3-9,14-15H,10-13H2,1-2H3,(H,23,24,25). The fourth-order valence-corrected chi connectivity index (χ4v) is 5.09. The first kappa shape index (κ1) is 22.6. The van der Waals surface area contributed by atoms with Gasteiger partial charge in [0.15, 0.2) is 0 Å². The van der Waals surface area contributed by atoms with Crippen molar-refractivity contribution in [3.63, 3.8) is 0 Å². The number of piperazine rings is 1. The topological polar surface area (TPSA) is 122 Å². The highest BCUT2D eigenvalue weighted by Gasteiger charge is 2.30. The summed E-state index contributed by atoms with van der Waals surface area (Å²) in [5, 5.41) is 14.3. The van der Waals surface area contributed by atoms with E-state index in [-0.39, 0.29) is 23.7 Å². The summed E-state index contributed by atoms with van der Waals surface area (Å²) in [5.41, 5.74) is 1.83. The van der Waals surface area contributed by atoms with Gasteiger partial charge >= 0.3 is 0 Å². The van der Waals surface area contributed by atoms with Crippen LogP contribution in [0.15, 0.2) is 59.5 Å². The lowest BCUT2D eigenvalue weighted by Gasteiger charge is -2.34. The Morgan fingerprint density at radius 1 is 0.970 bits per heavy atom. The van der Waals surface area contributed by atoms with Gasteiger partial charge < -0.3 is 10.2 Å². The lowest BCUT2D eigenvalue weighted by atomic mass is 10.2. The van der Waals surface area contributed by atoms with E-state index in [9.17, 15) is 18.5 Å². The summed E-state index contributed by atoms with van der Waals surface area (Å²) in [6.45, 7) is 5.20. The molecule has 0 unspecified atom stereocenters. The fraction of sp³-hybridized carbons (Fsp3) is 0.273. The zero-order chi connectivity index (χ0) is 23.6. The maximum Gasteiger partial charge on any atom is 0.270 e. The van der Waals surface area contributed by atoms with Crippen LogP contribution < -0.4 is 10.2 Å². The number of nitrogens with one attached hydrogen (secondary N) is 1. The highest BCUT2D eigenvalue weighted by atomic mass is 32.2. The van der Waals surface area contributed by atoms with Crippen molar-refractivity contribution in [1.82, 2.24) is 14.3 Å². The van der Waals surface area contributed by atoms with Crippen molar-refractivity contribution in [3.05, 3.63) is 76.1 Å². The molecule has 11 heteroatoms. The van der Waals surface area contributed by atoms with Gasteiger partial charge in [0.25, 0.3) is 5.69 Å². The van der Waals surface area contributed by atoms with Crippen LogP contribution in [-0.4, -0.2) is 53.8 Å². The zero-order valence-electron chi connectivity index (χ0n) is 18.3. The second kappa shape index (κ2) is 9.12. The molecule has 2 heterocycles. The third-order valence-electron chi connectivity index (χ3n) is 5.38. The Hall–Kier alpha value is -3.57. The third kappa shape index (κ3) is 5.10. The Balaban J connectivity index is 1.47. The van der Waals surface area contributed by atoms with E-state index in [1.54, 1.807) is 0 Å². The van der Waals surface area contributed by atoms with Crippen LogP contribution in [0.3, 0.4) is 0 Å². The molecule has 1 fully saturated rings. The molecule has 0 aliphatic carbocycles. The molecule has 10 nitrogen and oxygen atoms in total. The van der Waals surface area contributed by atoms with Gasteiger partial charge in [-0.05, 0) is 32.0 Å². The van der Waals surface area contributed by atoms with Gasteiger partial charge in [0.05, 0.1) is 9.82 Å². The second-order valence-electron chi connectivity index (χ2n) is 7.80. The SMILES string of the molecule is Cc1ccc(Nc2cc(N3CCN(S(=O)(=O)c4cccc([N+](=O)[O-])c4)CC3)nc(C)n2)cc1. The van der Waals surface area contributed by atoms with Crippen molar-refractivity contribution in [2.75, 3.05) is 36.4 Å². The number of benzene rings is 2. The van der Waals surface area contributed by atoms with E-state index in [4.69, 9.17) is 0 Å². The molecular weight excluding hydrogens is 444 g/mol. The van der Waals surface area contributed by atoms with E-state index in [1.165, 1.54) is 22.5 Å². The summed E-state index contributed by atoms with van der Waals surface area (Å²) in [4.78, 5) is 21.3. The molecule has 0 bridgehead atoms. The Morgan fingerprint density at radius 2 is 1.67 bits per heavy atom. The van der Waals surface area contributed by atoms with Crippen LogP contribution in [0.2, 0.25) is 0 Å². The molecule has 0 amide bonds. The van der Waals surface area contributed by atoms with E-state index in [1.807, 2.05) is 49.1 Å². The monoisotopic (exact) mass is 468 g/mol. The van der Waals surface area contributed by atoms with Crippen LogP contribution in [-0.2, 0) is 10.0 Å². The molecule has 3 aromatic rings. The first-order valence-corrected chi connectivity index (χ1v) is 11.9. The molecule has 0 spiro atoms. The molecule has 1 aliphatic heterocycles. The lowest BCUT2D eigenvalue weighted by molar-refractivity contribution is -0.385. The van der Waals surface area contributed by atoms with E-state index < -0.39 is 14.9 Å². The number of nitrogens with zero attached hydrogens (tertiary/aromatic N) is 5. The summed E-state index contributed by atoms with van der Waals surface area (Å²) in [5.74, 6) is 1.98. The number of non-ortho nitro benzene ring substituents is 1. The molecule has 4 rings (SSSR count). The molecule has 0 atom stereocenters. The first-order chi connectivity index (χ1) is 15.7. The average molecular weight is 469 g/mol. The molecule has 1 N–H and O–H groups in total. The highest BCUT2D eigenvalue weighted by molar-refractivity contribution is 7.89. The predicted molar refractivity (Wildman–Crippen MR) is 125 cm³/mol. The predicted octanol–water partition coefficient (Wildman–Crippen LogP) is 3.26. The number of hydrogen-bond donors (Lipinski definition) is 1. The van der Waals surface area contributed by atoms with Crippen molar-refractivity contribution in [2.45, 2.75) is 18.7 Å². The van der Waals surface area contributed by atoms with Crippen molar-refractivity contribution < 1.29 is 13.3 Å². The van der Waals surface area contributed by atoms with E-state index >= 15 is 0 Å². The fourth-order valence-electron chi connectivity index (χ4n) is 3.63. The van der Waals surface area contributed by atoms with Gasteiger partial charge in [-0.3, -0.25) is 10.1 Å². The summed E-state index contributed by atoms with van der Waals surface area (Å²) >= 11 is 0. The van der Waals surface area contributed by atoms with Crippen LogP contribution in [0.4, 0.5) is 23.0 Å². The summed E-state index contributed by atoms with van der Waals surface area (Å²) in [6.07, 6.45) is 0. The Morgan fingerprint density at radius 3 is 2.33 bits per heavy atom. The molecule has 172 valence electrons. The lowest BCUT2D eigenvalue weighted by Crippen LogP contribution is -2.49. The van der Waals surface area contributed by atoms with Crippen molar-refractivity contribution >= 4 is 33.0 Å². The summed E-state index contributed by atoms with van der Waals surface area (Å²) in [7, 11) is -3.83. The maximum atomic E-state index is 13.0. The highest BCUT2D eigenvalue weighted by Crippen LogP contribution is 2.25. The number of hydrogen-bond acceptors (Lipinski definition) is 8. The van der Waals surface area contributed by atoms with Gasteiger partial charge in [0.1, 0.15) is 17.5 Å². The molecule has 1 aliphatic rings. The van der Waals surface area contributed by atoms with Gasteiger partial charge in [0.2, 0.25) is 10.0 Å². The molecule has 0 saturated carbocycles. The first-order valence-electron chi connectivity index (χ1n) is 10.4. The smallest absolute Gasteiger partial charge is 0.270 e. The van der Waals surface area contributed by atoms with Gasteiger partial charge in [-0.1, -0.05) is 23.8 Å². The van der Waals surface area contributed by atoms with Crippen LogP contribution in [0.25, 0.3) is 0 Å². The Labute approximate surface area is 192 Å². The maximum absolute atomic E-state index is 13.0. The molecule has 0 radical (unpaired) electrons. The van der Waals surface area contributed by atoms with Crippen molar-refractivity contribution in [2.24, 2.45) is 0 Å². The van der Waals surface area contributed by atoms with Crippen LogP contribution in [0, 0.1) is 24.0 Å². The molecule has 2 aromatic carbocycles. The minimum atomic E-state index is -3.83. The number of anilines is 3. The van der Waals surface area contributed by atoms with E-state index in [2.05, 4.69) is 15.3 Å². The largest absolute Gasteiger partial charge is 0.354 e. The van der Waals surface area contributed by atoms with Crippen molar-refractivity contribution in [3.8, 4) is 0 Å². The molecule has 33 heavy (non-hydrogen) atoms. The minimum absolute atomic E-state index is 0.0763. The van der Waals surface area contributed by atoms with Crippen LogP contribution in [0.5, 0.6) is 0 Å². The summed E-state index contributed by atoms with van der Waals surface area (Å²) in [6, 6.07) is 15.0.